The average Bonchev–Trinajstić information content (AvgIpc) is 2.77. The van der Waals surface area contributed by atoms with Gasteiger partial charge in [0, 0.05) is 5.69 Å². The summed E-state index contributed by atoms with van der Waals surface area (Å²) in [7, 11) is 0. The molecule has 2 aromatic carbocycles. The number of ether oxygens (including phenoxy) is 1. The Morgan fingerprint density at radius 1 is 1.16 bits per heavy atom. The molecule has 0 radical (unpaired) electrons. The zero-order valence-corrected chi connectivity index (χ0v) is 18.3. The Bertz CT molecular complexity index is 973. The number of hydrogen-bond acceptors (Lipinski definition) is 4. The number of piperazine rings is 1. The number of nitriles is 1. The minimum atomic E-state index is -0.609. The lowest BCUT2D eigenvalue weighted by atomic mass is 10.1. The molecule has 7 heteroatoms. The van der Waals surface area contributed by atoms with E-state index >= 15 is 0 Å². The van der Waals surface area contributed by atoms with Gasteiger partial charge in [-0.3, -0.25) is 9.59 Å². The van der Waals surface area contributed by atoms with E-state index < -0.39 is 6.10 Å². The topological polar surface area (TPSA) is 86.9 Å². The van der Waals surface area contributed by atoms with Gasteiger partial charge in [-0.05, 0) is 62.2 Å². The number of carbonyl (C=O) groups is 2. The van der Waals surface area contributed by atoms with Crippen LogP contribution in [0.1, 0.15) is 23.6 Å². The molecule has 2 N–H and O–H groups in total. The van der Waals surface area contributed by atoms with Crippen LogP contribution >= 0.6 is 0 Å². The summed E-state index contributed by atoms with van der Waals surface area (Å²) in [6.07, 6.45) is -0.609. The molecule has 1 fully saturated rings. The number of amides is 2. The smallest absolute Gasteiger partial charge is 0.279 e. The van der Waals surface area contributed by atoms with Gasteiger partial charge in [0.1, 0.15) is 5.75 Å². The second-order valence-corrected chi connectivity index (χ2v) is 7.94. The molecule has 2 aromatic rings. The van der Waals surface area contributed by atoms with E-state index in [0.29, 0.717) is 30.9 Å². The number of carbonyl (C=O) groups excluding carboxylic acids is 2. The molecule has 0 spiro atoms. The first kappa shape index (κ1) is 22.3. The van der Waals surface area contributed by atoms with Crippen molar-refractivity contribution in [2.24, 2.45) is 0 Å². The lowest BCUT2D eigenvalue weighted by Crippen LogP contribution is -3.15. The number of anilines is 1. The Balaban J connectivity index is 1.46. The lowest BCUT2D eigenvalue weighted by molar-refractivity contribution is -0.895. The van der Waals surface area contributed by atoms with E-state index in [4.69, 9.17) is 10.00 Å². The molecule has 31 heavy (non-hydrogen) atoms. The third-order valence-electron chi connectivity index (χ3n) is 5.72. The molecule has 1 saturated heterocycles. The maximum absolute atomic E-state index is 12.7. The Hall–Kier alpha value is -3.37. The van der Waals surface area contributed by atoms with E-state index in [1.54, 1.807) is 36.1 Å². The third-order valence-corrected chi connectivity index (χ3v) is 5.72. The van der Waals surface area contributed by atoms with Crippen molar-refractivity contribution in [2.45, 2.75) is 26.9 Å². The van der Waals surface area contributed by atoms with E-state index in [9.17, 15) is 9.59 Å². The fourth-order valence-electron chi connectivity index (χ4n) is 3.65. The summed E-state index contributed by atoms with van der Waals surface area (Å²) in [5.41, 5.74) is 3.63. The summed E-state index contributed by atoms with van der Waals surface area (Å²) in [5.74, 6) is 0.483. The Kier molecular flexibility index (Phi) is 7.27. The highest BCUT2D eigenvalue weighted by Gasteiger charge is 2.29. The van der Waals surface area contributed by atoms with Crippen molar-refractivity contribution in [1.29, 1.82) is 5.26 Å². The van der Waals surface area contributed by atoms with Crippen molar-refractivity contribution in [3.8, 4) is 11.8 Å². The molecule has 162 valence electrons. The van der Waals surface area contributed by atoms with Crippen LogP contribution in [0.25, 0.3) is 0 Å². The van der Waals surface area contributed by atoms with Crippen molar-refractivity contribution >= 4 is 17.5 Å². The van der Waals surface area contributed by atoms with Crippen LogP contribution in [0.2, 0.25) is 0 Å². The van der Waals surface area contributed by atoms with Gasteiger partial charge in [-0.2, -0.15) is 5.26 Å². The molecular weight excluding hydrogens is 392 g/mol. The molecule has 0 saturated carbocycles. The maximum Gasteiger partial charge on any atom is 0.279 e. The van der Waals surface area contributed by atoms with Crippen molar-refractivity contribution in [3.63, 3.8) is 0 Å². The van der Waals surface area contributed by atoms with Gasteiger partial charge in [0.15, 0.2) is 12.6 Å². The first-order valence-electron chi connectivity index (χ1n) is 10.5. The van der Waals surface area contributed by atoms with Crippen LogP contribution in [0, 0.1) is 25.2 Å². The molecule has 1 aliphatic rings. The summed E-state index contributed by atoms with van der Waals surface area (Å²) in [4.78, 5) is 28.1. The molecule has 1 aliphatic heterocycles. The summed E-state index contributed by atoms with van der Waals surface area (Å²) in [6.45, 7) is 8.76. The predicted molar refractivity (Wildman–Crippen MR) is 118 cm³/mol. The summed E-state index contributed by atoms with van der Waals surface area (Å²) >= 11 is 0. The summed E-state index contributed by atoms with van der Waals surface area (Å²) in [5, 5.41) is 11.9. The first-order chi connectivity index (χ1) is 14.9. The van der Waals surface area contributed by atoms with Crippen molar-refractivity contribution in [3.05, 3.63) is 59.2 Å². The number of benzene rings is 2. The number of nitrogens with one attached hydrogen (secondary N) is 2. The molecular formula is C24H29N4O3+. The van der Waals surface area contributed by atoms with Crippen molar-refractivity contribution in [1.82, 2.24) is 4.90 Å². The molecule has 3 rings (SSSR count). The van der Waals surface area contributed by atoms with E-state index in [1.807, 2.05) is 32.0 Å². The average molecular weight is 422 g/mol. The molecule has 0 aromatic heterocycles. The van der Waals surface area contributed by atoms with Crippen LogP contribution in [-0.4, -0.2) is 55.5 Å². The highest BCUT2D eigenvalue weighted by molar-refractivity contribution is 5.92. The number of hydrogen-bond donors (Lipinski definition) is 2. The molecule has 7 nitrogen and oxygen atoms in total. The minimum Gasteiger partial charge on any atom is -0.481 e. The van der Waals surface area contributed by atoms with Crippen LogP contribution in [0.5, 0.6) is 5.75 Å². The summed E-state index contributed by atoms with van der Waals surface area (Å²) < 4.78 is 5.74. The molecule has 0 unspecified atom stereocenters. The van der Waals surface area contributed by atoms with E-state index in [1.165, 1.54) is 0 Å². The van der Waals surface area contributed by atoms with Gasteiger partial charge in [0.2, 0.25) is 0 Å². The zero-order chi connectivity index (χ0) is 22.4. The van der Waals surface area contributed by atoms with Gasteiger partial charge >= 0.3 is 0 Å². The van der Waals surface area contributed by atoms with Gasteiger partial charge in [-0.25, -0.2) is 0 Å². The van der Waals surface area contributed by atoms with Crippen molar-refractivity contribution in [2.75, 3.05) is 38.0 Å². The van der Waals surface area contributed by atoms with Crippen LogP contribution in [0.4, 0.5) is 5.69 Å². The highest BCUT2D eigenvalue weighted by atomic mass is 16.5. The lowest BCUT2D eigenvalue weighted by Gasteiger charge is -2.33. The van der Waals surface area contributed by atoms with Crippen LogP contribution < -0.4 is 15.0 Å². The molecule has 2 amide bonds. The first-order valence-corrected chi connectivity index (χ1v) is 10.5. The van der Waals surface area contributed by atoms with Crippen molar-refractivity contribution < 1.29 is 19.2 Å². The normalized spacial score (nSPS) is 15.1. The van der Waals surface area contributed by atoms with Crippen LogP contribution in [-0.2, 0) is 9.59 Å². The van der Waals surface area contributed by atoms with Gasteiger partial charge < -0.3 is 19.9 Å². The minimum absolute atomic E-state index is 0.0130. The van der Waals surface area contributed by atoms with E-state index in [0.717, 1.165) is 34.8 Å². The second kappa shape index (κ2) is 10.1. The highest BCUT2D eigenvalue weighted by Crippen LogP contribution is 2.17. The SMILES string of the molecule is Cc1cccc(NC(=O)C[NH+]2CCN(C(=O)[C@H](C)Oc3ccc(C#N)cc3)CC2)c1C. The molecule has 1 atom stereocenters. The monoisotopic (exact) mass is 421 g/mol. The largest absolute Gasteiger partial charge is 0.481 e. The van der Waals surface area contributed by atoms with Gasteiger partial charge in [0.05, 0.1) is 37.8 Å². The standard InChI is InChI=1S/C24H28N4O3/c1-17-5-4-6-22(18(17)2)26-23(29)16-27-11-13-28(14-12-27)24(30)19(3)31-21-9-7-20(15-25)8-10-21/h4-10,19H,11-14,16H2,1-3H3,(H,26,29)/p+1/t19-/m0/s1. The Morgan fingerprint density at radius 3 is 2.48 bits per heavy atom. The Labute approximate surface area is 183 Å². The van der Waals surface area contributed by atoms with Gasteiger partial charge in [0.25, 0.3) is 11.8 Å². The van der Waals surface area contributed by atoms with Gasteiger partial charge in [-0.1, -0.05) is 12.1 Å². The fourth-order valence-corrected chi connectivity index (χ4v) is 3.65. The van der Waals surface area contributed by atoms with E-state index in [-0.39, 0.29) is 11.8 Å². The molecule has 0 aliphatic carbocycles. The van der Waals surface area contributed by atoms with Gasteiger partial charge in [-0.15, -0.1) is 0 Å². The molecule has 0 bridgehead atoms. The quantitative estimate of drug-likeness (QED) is 0.736. The maximum atomic E-state index is 12.7. The number of nitrogens with zero attached hydrogens (tertiary/aromatic N) is 2. The van der Waals surface area contributed by atoms with Crippen LogP contribution in [0.15, 0.2) is 42.5 Å². The fraction of sp³-hybridized carbons (Fsp3) is 0.375. The van der Waals surface area contributed by atoms with Crippen LogP contribution in [0.3, 0.4) is 0 Å². The molecule has 1 heterocycles. The zero-order valence-electron chi connectivity index (χ0n) is 18.3. The van der Waals surface area contributed by atoms with E-state index in [2.05, 4.69) is 11.4 Å². The second-order valence-electron chi connectivity index (χ2n) is 7.94. The number of aryl methyl sites for hydroxylation is 1. The third kappa shape index (κ3) is 5.83. The predicted octanol–water partition coefficient (Wildman–Crippen LogP) is 1.31. The number of quaternary nitrogens is 1. The number of rotatable bonds is 6. The Morgan fingerprint density at radius 2 is 1.84 bits per heavy atom. The summed E-state index contributed by atoms with van der Waals surface area (Å²) in [6, 6.07) is 14.7.